The summed E-state index contributed by atoms with van der Waals surface area (Å²) < 4.78 is 6.29. The van der Waals surface area contributed by atoms with Crippen molar-refractivity contribution in [1.82, 2.24) is 19.8 Å². The Balaban J connectivity index is 1.38. The molecule has 2 aliphatic rings. The van der Waals surface area contributed by atoms with Gasteiger partial charge in [-0.3, -0.25) is 24.3 Å². The van der Waals surface area contributed by atoms with Crippen molar-refractivity contribution in [2.24, 2.45) is 0 Å². The van der Waals surface area contributed by atoms with Crippen LogP contribution in [0, 0.1) is 0 Å². The molecule has 3 amide bonds. The fourth-order valence-corrected chi connectivity index (χ4v) is 3.66. The molecular formula is C19H18BrN5O4. The van der Waals surface area contributed by atoms with Crippen LogP contribution in [-0.2, 0) is 9.59 Å². The Kier molecular flexibility index (Phi) is 5.43. The fraction of sp³-hybridized carbons (Fsp3) is 0.316. The van der Waals surface area contributed by atoms with E-state index >= 15 is 0 Å². The van der Waals surface area contributed by atoms with Crippen LogP contribution in [0.3, 0.4) is 0 Å². The van der Waals surface area contributed by atoms with Crippen molar-refractivity contribution in [3.05, 3.63) is 47.0 Å². The molecule has 0 radical (unpaired) electrons. The maximum absolute atomic E-state index is 12.8. The zero-order valence-electron chi connectivity index (χ0n) is 15.5. The van der Waals surface area contributed by atoms with E-state index < -0.39 is 0 Å². The molecule has 0 unspecified atom stereocenters. The number of carbonyl (C=O) groups excluding carboxylic acids is 3. The molecule has 10 heteroatoms. The topological polar surface area (TPSA) is 95.9 Å². The molecule has 1 aromatic carbocycles. The van der Waals surface area contributed by atoms with Gasteiger partial charge >= 0.3 is 0 Å². The highest BCUT2D eigenvalue weighted by atomic mass is 79.9. The van der Waals surface area contributed by atoms with E-state index in [1.807, 2.05) is 0 Å². The largest absolute Gasteiger partial charge is 0.482 e. The molecule has 1 saturated heterocycles. The van der Waals surface area contributed by atoms with Gasteiger partial charge in [-0.15, -0.1) is 0 Å². The van der Waals surface area contributed by atoms with Crippen LogP contribution in [0.1, 0.15) is 10.5 Å². The number of halogens is 1. The second-order valence-electron chi connectivity index (χ2n) is 6.64. The lowest BCUT2D eigenvalue weighted by Crippen LogP contribution is -2.54. The van der Waals surface area contributed by atoms with Gasteiger partial charge in [0, 0.05) is 43.0 Å². The normalized spacial score (nSPS) is 16.3. The number of hydrogen-bond donors (Lipinski definition) is 0. The molecule has 2 aromatic rings. The van der Waals surface area contributed by atoms with Crippen molar-refractivity contribution < 1.29 is 19.1 Å². The lowest BCUT2D eigenvalue weighted by atomic mass is 10.2. The molecule has 0 saturated carbocycles. The minimum atomic E-state index is -0.260. The smallest absolute Gasteiger partial charge is 0.274 e. The van der Waals surface area contributed by atoms with Gasteiger partial charge in [0.1, 0.15) is 18.0 Å². The monoisotopic (exact) mass is 459 g/mol. The van der Waals surface area contributed by atoms with E-state index in [9.17, 15) is 14.4 Å². The first-order valence-corrected chi connectivity index (χ1v) is 9.88. The number of fused-ring (bicyclic) bond motifs is 1. The Bertz CT molecular complexity index is 947. The van der Waals surface area contributed by atoms with Crippen LogP contribution in [0.15, 0.2) is 41.3 Å². The third-order valence-electron chi connectivity index (χ3n) is 4.86. The summed E-state index contributed by atoms with van der Waals surface area (Å²) in [5.74, 6) is -0.0652. The van der Waals surface area contributed by atoms with Crippen LogP contribution in [0.4, 0.5) is 5.69 Å². The van der Waals surface area contributed by atoms with Gasteiger partial charge in [-0.25, -0.2) is 4.98 Å². The summed E-state index contributed by atoms with van der Waals surface area (Å²) in [5.41, 5.74) is 0.864. The molecule has 2 aliphatic heterocycles. The SMILES string of the molecule is O=C(CN1C(=O)COc2cc(Br)ccc21)N1CCN(C(=O)c2cnccn2)CC1. The Morgan fingerprint density at radius 2 is 1.86 bits per heavy atom. The molecule has 3 heterocycles. The predicted octanol–water partition coefficient (Wildman–Crippen LogP) is 0.949. The second-order valence-corrected chi connectivity index (χ2v) is 7.56. The van der Waals surface area contributed by atoms with Gasteiger partial charge in [-0.1, -0.05) is 15.9 Å². The molecule has 0 bridgehead atoms. The molecule has 0 spiro atoms. The first-order chi connectivity index (χ1) is 14.0. The maximum Gasteiger partial charge on any atom is 0.274 e. The minimum Gasteiger partial charge on any atom is -0.482 e. The molecule has 1 fully saturated rings. The lowest BCUT2D eigenvalue weighted by molar-refractivity contribution is -0.133. The maximum atomic E-state index is 12.8. The summed E-state index contributed by atoms with van der Waals surface area (Å²) in [5, 5.41) is 0. The molecule has 0 aliphatic carbocycles. The first kappa shape index (κ1) is 19.3. The zero-order chi connectivity index (χ0) is 20.4. The number of aromatic nitrogens is 2. The zero-order valence-corrected chi connectivity index (χ0v) is 17.0. The summed E-state index contributed by atoms with van der Waals surface area (Å²) in [6, 6.07) is 5.33. The molecule has 150 valence electrons. The van der Waals surface area contributed by atoms with E-state index in [2.05, 4.69) is 25.9 Å². The lowest BCUT2D eigenvalue weighted by Gasteiger charge is -2.36. The van der Waals surface area contributed by atoms with E-state index in [-0.39, 0.29) is 36.6 Å². The van der Waals surface area contributed by atoms with E-state index in [4.69, 9.17) is 4.74 Å². The molecule has 1 aromatic heterocycles. The number of hydrogen-bond acceptors (Lipinski definition) is 6. The van der Waals surface area contributed by atoms with Gasteiger partial charge in [0.25, 0.3) is 11.8 Å². The number of piperazine rings is 1. The third kappa shape index (κ3) is 4.07. The van der Waals surface area contributed by atoms with Gasteiger partial charge in [0.15, 0.2) is 6.61 Å². The number of ether oxygens (including phenoxy) is 1. The summed E-state index contributed by atoms with van der Waals surface area (Å²) >= 11 is 3.37. The van der Waals surface area contributed by atoms with E-state index in [0.717, 1.165) is 4.47 Å². The predicted molar refractivity (Wildman–Crippen MR) is 107 cm³/mol. The molecule has 29 heavy (non-hydrogen) atoms. The van der Waals surface area contributed by atoms with Crippen LogP contribution >= 0.6 is 15.9 Å². The second kappa shape index (κ2) is 8.16. The minimum absolute atomic E-state index is 0.0606. The molecular weight excluding hydrogens is 442 g/mol. The number of anilines is 1. The third-order valence-corrected chi connectivity index (χ3v) is 5.35. The van der Waals surface area contributed by atoms with E-state index in [0.29, 0.717) is 37.6 Å². The highest BCUT2D eigenvalue weighted by Gasteiger charge is 2.31. The summed E-state index contributed by atoms with van der Waals surface area (Å²) in [6.45, 7) is 1.45. The van der Waals surface area contributed by atoms with Gasteiger partial charge in [0.05, 0.1) is 11.9 Å². The summed E-state index contributed by atoms with van der Waals surface area (Å²) in [6.07, 6.45) is 4.42. The van der Waals surface area contributed by atoms with Gasteiger partial charge < -0.3 is 14.5 Å². The molecule has 0 atom stereocenters. The Hall–Kier alpha value is -3.01. The van der Waals surface area contributed by atoms with Crippen molar-refractivity contribution in [3.8, 4) is 5.75 Å². The highest BCUT2D eigenvalue weighted by molar-refractivity contribution is 9.10. The van der Waals surface area contributed by atoms with Gasteiger partial charge in [0.2, 0.25) is 5.91 Å². The van der Waals surface area contributed by atoms with Crippen LogP contribution in [0.25, 0.3) is 0 Å². The molecule has 0 N–H and O–H groups in total. The number of rotatable bonds is 3. The highest BCUT2D eigenvalue weighted by Crippen LogP contribution is 2.34. The first-order valence-electron chi connectivity index (χ1n) is 9.09. The Morgan fingerprint density at radius 1 is 1.10 bits per heavy atom. The van der Waals surface area contributed by atoms with Crippen molar-refractivity contribution >= 4 is 39.3 Å². The van der Waals surface area contributed by atoms with Crippen LogP contribution in [-0.4, -0.2) is 76.8 Å². The van der Waals surface area contributed by atoms with Crippen molar-refractivity contribution in [3.63, 3.8) is 0 Å². The standard InChI is InChI=1S/C19H18BrN5O4/c20-13-1-2-15-16(9-13)29-12-18(27)25(15)11-17(26)23-5-7-24(8-6-23)19(28)14-10-21-3-4-22-14/h1-4,9-10H,5-8,11-12H2. The van der Waals surface area contributed by atoms with Gasteiger partial charge in [-0.05, 0) is 18.2 Å². The fourth-order valence-electron chi connectivity index (χ4n) is 3.32. The molecule has 9 nitrogen and oxygen atoms in total. The average Bonchev–Trinajstić information content (AvgIpc) is 2.76. The van der Waals surface area contributed by atoms with Crippen molar-refractivity contribution in [2.75, 3.05) is 44.2 Å². The van der Waals surface area contributed by atoms with E-state index in [1.54, 1.807) is 28.0 Å². The van der Waals surface area contributed by atoms with Crippen LogP contribution in [0.5, 0.6) is 5.75 Å². The number of amides is 3. The molecule has 4 rings (SSSR count). The van der Waals surface area contributed by atoms with Gasteiger partial charge in [-0.2, -0.15) is 0 Å². The van der Waals surface area contributed by atoms with Crippen LogP contribution < -0.4 is 9.64 Å². The Labute approximate surface area is 175 Å². The average molecular weight is 460 g/mol. The van der Waals surface area contributed by atoms with Crippen molar-refractivity contribution in [1.29, 1.82) is 0 Å². The number of nitrogens with zero attached hydrogens (tertiary/aromatic N) is 5. The summed E-state index contributed by atoms with van der Waals surface area (Å²) in [7, 11) is 0. The number of carbonyl (C=O) groups is 3. The van der Waals surface area contributed by atoms with E-state index in [1.165, 1.54) is 23.5 Å². The summed E-state index contributed by atoms with van der Waals surface area (Å²) in [4.78, 5) is 50.3. The Morgan fingerprint density at radius 3 is 2.59 bits per heavy atom. The van der Waals surface area contributed by atoms with Crippen molar-refractivity contribution in [2.45, 2.75) is 0 Å². The van der Waals surface area contributed by atoms with Crippen LogP contribution in [0.2, 0.25) is 0 Å². The number of benzene rings is 1. The quantitative estimate of drug-likeness (QED) is 0.677.